The number of likely N-dealkylation sites (N-methyl/N-ethyl adjacent to an activating group) is 1. The average molecular weight is 394 g/mol. The Morgan fingerprint density at radius 2 is 1.83 bits per heavy atom. The molecule has 0 radical (unpaired) electrons. The minimum absolute atomic E-state index is 0.0565. The van der Waals surface area contributed by atoms with Crippen LogP contribution in [-0.2, 0) is 4.79 Å². The van der Waals surface area contributed by atoms with E-state index in [1.54, 1.807) is 36.2 Å². The monoisotopic (exact) mass is 394 g/mol. The number of amides is 1. The summed E-state index contributed by atoms with van der Waals surface area (Å²) < 4.78 is 16.3. The van der Waals surface area contributed by atoms with Crippen LogP contribution in [0.15, 0.2) is 42.5 Å². The Balaban J connectivity index is 1.89. The molecule has 2 aromatic carbocycles. The minimum Gasteiger partial charge on any atom is -0.493 e. The van der Waals surface area contributed by atoms with Gasteiger partial charge in [-0.3, -0.25) is 4.79 Å². The molecule has 6 nitrogen and oxygen atoms in total. The summed E-state index contributed by atoms with van der Waals surface area (Å²) in [6.45, 7) is 4.88. The third-order valence-electron chi connectivity index (χ3n) is 4.17. The van der Waals surface area contributed by atoms with E-state index in [1.165, 1.54) is 13.2 Å². The van der Waals surface area contributed by atoms with E-state index < -0.39 is 0 Å². The second kappa shape index (κ2) is 10.8. The van der Waals surface area contributed by atoms with Crippen LogP contribution in [-0.4, -0.2) is 44.7 Å². The van der Waals surface area contributed by atoms with E-state index in [0.717, 1.165) is 22.4 Å². The van der Waals surface area contributed by atoms with Gasteiger partial charge in [-0.15, -0.1) is 0 Å². The number of hydrogen-bond acceptors (Lipinski definition) is 5. The number of aryl methyl sites for hydroxylation is 2. The molecule has 29 heavy (non-hydrogen) atoms. The Bertz CT molecular complexity index is 895. The Labute approximate surface area is 171 Å². The van der Waals surface area contributed by atoms with Gasteiger partial charge in [0.05, 0.1) is 13.7 Å². The normalized spacial score (nSPS) is 10.4. The van der Waals surface area contributed by atoms with Crippen molar-refractivity contribution in [2.75, 3.05) is 33.9 Å². The van der Waals surface area contributed by atoms with Crippen LogP contribution < -0.4 is 14.2 Å². The Kier molecular flexibility index (Phi) is 8.11. The molecule has 0 bridgehead atoms. The highest BCUT2D eigenvalue weighted by molar-refractivity contribution is 5.91. The van der Waals surface area contributed by atoms with E-state index in [4.69, 9.17) is 19.5 Å². The number of carbonyl (C=O) groups is 1. The number of rotatable bonds is 9. The summed E-state index contributed by atoms with van der Waals surface area (Å²) in [5, 5.41) is 8.62. The zero-order chi connectivity index (χ0) is 21.2. The van der Waals surface area contributed by atoms with Gasteiger partial charge >= 0.3 is 0 Å². The number of nitriles is 1. The maximum atomic E-state index is 12.3. The highest BCUT2D eigenvalue weighted by atomic mass is 16.5. The van der Waals surface area contributed by atoms with Gasteiger partial charge in [0.2, 0.25) is 5.91 Å². The highest BCUT2D eigenvalue weighted by Crippen LogP contribution is 2.28. The van der Waals surface area contributed by atoms with E-state index in [1.807, 2.05) is 32.0 Å². The molecule has 0 N–H and O–H groups in total. The van der Waals surface area contributed by atoms with Crippen LogP contribution in [0, 0.1) is 25.2 Å². The zero-order valence-electron chi connectivity index (χ0n) is 17.3. The first kappa shape index (κ1) is 21.8. The van der Waals surface area contributed by atoms with Crippen molar-refractivity contribution in [1.82, 2.24) is 4.90 Å². The van der Waals surface area contributed by atoms with Gasteiger partial charge in [0.25, 0.3) is 0 Å². The molecule has 2 rings (SSSR count). The standard InChI is InChI=1S/C23H26N2O4/c1-17-13-18(2)15-20(14-17)28-12-10-25(3)23(26)8-6-19-5-7-21(29-11-9-24)22(16-19)27-4/h5-8,13-16H,10-12H2,1-4H3/b8-6+. The number of carbonyl (C=O) groups excluding carboxylic acids is 1. The fraction of sp³-hybridized carbons (Fsp3) is 0.304. The predicted octanol–water partition coefficient (Wildman–Crippen LogP) is 3.77. The lowest BCUT2D eigenvalue weighted by atomic mass is 10.1. The molecule has 0 atom stereocenters. The maximum Gasteiger partial charge on any atom is 0.246 e. The van der Waals surface area contributed by atoms with Gasteiger partial charge in [0.15, 0.2) is 18.1 Å². The lowest BCUT2D eigenvalue weighted by Crippen LogP contribution is -2.29. The summed E-state index contributed by atoms with van der Waals surface area (Å²) in [5.74, 6) is 1.67. The summed E-state index contributed by atoms with van der Waals surface area (Å²) in [6, 6.07) is 13.2. The van der Waals surface area contributed by atoms with Gasteiger partial charge in [-0.05, 0) is 60.9 Å². The van der Waals surface area contributed by atoms with Gasteiger partial charge in [0.1, 0.15) is 18.4 Å². The third-order valence-corrected chi connectivity index (χ3v) is 4.17. The Hall–Kier alpha value is -3.46. The summed E-state index contributed by atoms with van der Waals surface area (Å²) in [6.07, 6.45) is 3.21. The van der Waals surface area contributed by atoms with Crippen molar-refractivity contribution in [3.8, 4) is 23.3 Å². The van der Waals surface area contributed by atoms with Crippen molar-refractivity contribution in [3.05, 3.63) is 59.2 Å². The van der Waals surface area contributed by atoms with E-state index in [9.17, 15) is 4.79 Å². The molecular formula is C23H26N2O4. The summed E-state index contributed by atoms with van der Waals surface area (Å²) in [4.78, 5) is 13.9. The molecule has 0 spiro atoms. The van der Waals surface area contributed by atoms with Crippen molar-refractivity contribution in [2.45, 2.75) is 13.8 Å². The molecular weight excluding hydrogens is 368 g/mol. The van der Waals surface area contributed by atoms with E-state index in [-0.39, 0.29) is 12.5 Å². The van der Waals surface area contributed by atoms with Crippen LogP contribution in [0.25, 0.3) is 6.08 Å². The number of ether oxygens (including phenoxy) is 3. The fourth-order valence-electron chi connectivity index (χ4n) is 2.74. The topological polar surface area (TPSA) is 71.8 Å². The van der Waals surface area contributed by atoms with Crippen LogP contribution in [0.2, 0.25) is 0 Å². The first-order chi connectivity index (χ1) is 13.9. The maximum absolute atomic E-state index is 12.3. The lowest BCUT2D eigenvalue weighted by Gasteiger charge is -2.16. The molecule has 0 aliphatic rings. The number of hydrogen-bond donors (Lipinski definition) is 0. The van der Waals surface area contributed by atoms with Crippen LogP contribution in [0.3, 0.4) is 0 Å². The van der Waals surface area contributed by atoms with Gasteiger partial charge in [-0.25, -0.2) is 0 Å². The average Bonchev–Trinajstić information content (AvgIpc) is 2.69. The molecule has 0 aliphatic heterocycles. The number of benzene rings is 2. The van der Waals surface area contributed by atoms with Crippen molar-refractivity contribution < 1.29 is 19.0 Å². The second-order valence-electron chi connectivity index (χ2n) is 6.62. The van der Waals surface area contributed by atoms with Gasteiger partial charge in [0, 0.05) is 13.1 Å². The Morgan fingerprint density at radius 1 is 1.10 bits per heavy atom. The second-order valence-corrected chi connectivity index (χ2v) is 6.62. The molecule has 0 fully saturated rings. The van der Waals surface area contributed by atoms with E-state index in [0.29, 0.717) is 24.7 Å². The van der Waals surface area contributed by atoms with Crippen LogP contribution in [0.1, 0.15) is 16.7 Å². The SMILES string of the molecule is COc1cc(/C=C/C(=O)N(C)CCOc2cc(C)cc(C)c2)ccc1OCC#N. The number of methoxy groups -OCH3 is 1. The van der Waals surface area contributed by atoms with Crippen molar-refractivity contribution in [2.24, 2.45) is 0 Å². The van der Waals surface area contributed by atoms with Gasteiger partial charge in [-0.2, -0.15) is 5.26 Å². The van der Waals surface area contributed by atoms with Crippen LogP contribution in [0.5, 0.6) is 17.2 Å². The van der Waals surface area contributed by atoms with E-state index in [2.05, 4.69) is 6.07 Å². The minimum atomic E-state index is -0.127. The van der Waals surface area contributed by atoms with Crippen LogP contribution >= 0.6 is 0 Å². The molecule has 0 saturated carbocycles. The molecule has 2 aromatic rings. The summed E-state index contributed by atoms with van der Waals surface area (Å²) >= 11 is 0. The van der Waals surface area contributed by atoms with Crippen molar-refractivity contribution in [1.29, 1.82) is 5.26 Å². The van der Waals surface area contributed by atoms with Gasteiger partial charge in [-0.1, -0.05) is 12.1 Å². The first-order valence-corrected chi connectivity index (χ1v) is 9.25. The fourth-order valence-corrected chi connectivity index (χ4v) is 2.74. The smallest absolute Gasteiger partial charge is 0.246 e. The zero-order valence-corrected chi connectivity index (χ0v) is 17.3. The summed E-state index contributed by atoms with van der Waals surface area (Å²) in [7, 11) is 3.26. The van der Waals surface area contributed by atoms with Crippen molar-refractivity contribution in [3.63, 3.8) is 0 Å². The lowest BCUT2D eigenvalue weighted by molar-refractivity contribution is -0.125. The molecule has 0 aliphatic carbocycles. The van der Waals surface area contributed by atoms with Gasteiger partial charge < -0.3 is 19.1 Å². The quantitative estimate of drug-likeness (QED) is 0.606. The summed E-state index contributed by atoms with van der Waals surface area (Å²) in [5.41, 5.74) is 3.08. The molecule has 6 heteroatoms. The molecule has 152 valence electrons. The van der Waals surface area contributed by atoms with Crippen LogP contribution in [0.4, 0.5) is 0 Å². The van der Waals surface area contributed by atoms with E-state index >= 15 is 0 Å². The molecule has 0 unspecified atom stereocenters. The molecule has 1 amide bonds. The first-order valence-electron chi connectivity index (χ1n) is 9.25. The number of nitrogens with zero attached hydrogens (tertiary/aromatic N) is 2. The predicted molar refractivity (Wildman–Crippen MR) is 112 cm³/mol. The molecule has 0 heterocycles. The van der Waals surface area contributed by atoms with Crippen molar-refractivity contribution >= 4 is 12.0 Å². The Morgan fingerprint density at radius 3 is 2.48 bits per heavy atom. The largest absolute Gasteiger partial charge is 0.493 e. The molecule has 0 saturated heterocycles. The highest BCUT2D eigenvalue weighted by Gasteiger charge is 2.07. The third kappa shape index (κ3) is 6.89. The molecule has 0 aromatic heterocycles.